The molecule has 0 atom stereocenters. The van der Waals surface area contributed by atoms with Crippen molar-refractivity contribution in [3.05, 3.63) is 41.3 Å². The lowest BCUT2D eigenvalue weighted by molar-refractivity contribution is 0.285. The fraction of sp³-hybridized carbons (Fsp3) is 0. The van der Waals surface area contributed by atoms with E-state index in [2.05, 4.69) is 20.2 Å². The number of anilines is 1. The molecule has 0 radical (unpaired) electrons. The van der Waals surface area contributed by atoms with E-state index in [9.17, 15) is 8.42 Å². The summed E-state index contributed by atoms with van der Waals surface area (Å²) in [6.45, 7) is 0. The van der Waals surface area contributed by atoms with Crippen molar-refractivity contribution >= 4 is 40.2 Å². The summed E-state index contributed by atoms with van der Waals surface area (Å²) in [4.78, 5) is 7.70. The summed E-state index contributed by atoms with van der Waals surface area (Å²) in [5, 5.41) is 1.67. The number of benzene rings is 1. The third-order valence-electron chi connectivity index (χ3n) is 2.50. The van der Waals surface area contributed by atoms with Gasteiger partial charge in [-0.3, -0.25) is 4.72 Å². The van der Waals surface area contributed by atoms with Gasteiger partial charge in [0.2, 0.25) is 0 Å². The molecule has 0 spiro atoms. The van der Waals surface area contributed by atoms with Crippen LogP contribution in [0.1, 0.15) is 0 Å². The first-order valence-corrected chi connectivity index (χ1v) is 7.28. The van der Waals surface area contributed by atoms with Gasteiger partial charge >= 0.3 is 10.2 Å². The zero-order valence-electron chi connectivity index (χ0n) is 9.93. The van der Waals surface area contributed by atoms with Crippen LogP contribution in [-0.4, -0.2) is 30.5 Å². The molecular formula is C10H9ClN6O2S. The average molecular weight is 313 g/mol. The summed E-state index contributed by atoms with van der Waals surface area (Å²) < 4.78 is 27.7. The highest BCUT2D eigenvalue weighted by Gasteiger charge is 2.29. The molecule has 0 saturated carbocycles. The minimum atomic E-state index is -3.86. The van der Waals surface area contributed by atoms with Crippen molar-refractivity contribution in [2.75, 3.05) is 4.72 Å². The molecule has 0 bridgehead atoms. The summed E-state index contributed by atoms with van der Waals surface area (Å²) in [6, 6.07) is 6.55. The molecule has 10 heteroatoms. The summed E-state index contributed by atoms with van der Waals surface area (Å²) in [5.41, 5.74) is 2.88. The molecule has 2 aliphatic heterocycles. The molecule has 20 heavy (non-hydrogen) atoms. The van der Waals surface area contributed by atoms with Crippen LogP contribution in [0.5, 0.6) is 0 Å². The van der Waals surface area contributed by atoms with E-state index in [0.29, 0.717) is 10.8 Å². The van der Waals surface area contributed by atoms with Gasteiger partial charge in [-0.15, -0.1) is 5.53 Å². The molecule has 0 aliphatic carbocycles. The van der Waals surface area contributed by atoms with Crippen LogP contribution in [0.4, 0.5) is 5.69 Å². The third kappa shape index (κ3) is 2.33. The number of hydrogen-bond acceptors (Lipinski definition) is 6. The number of halogens is 1. The van der Waals surface area contributed by atoms with Gasteiger partial charge in [-0.25, -0.2) is 15.0 Å². The molecular weight excluding hydrogens is 304 g/mol. The van der Waals surface area contributed by atoms with Crippen LogP contribution >= 0.6 is 11.6 Å². The Morgan fingerprint density at radius 1 is 1.30 bits per heavy atom. The molecule has 104 valence electrons. The lowest BCUT2D eigenvalue weighted by atomic mass is 10.3. The number of rotatable bonds is 3. The molecule has 2 N–H and O–H groups in total. The highest BCUT2D eigenvalue weighted by Crippen LogP contribution is 2.23. The number of nitrogens with one attached hydrogen (secondary N) is 2. The van der Waals surface area contributed by atoms with Crippen LogP contribution in [0.2, 0.25) is 5.02 Å². The lowest BCUT2D eigenvalue weighted by Gasteiger charge is -2.20. The van der Waals surface area contributed by atoms with E-state index in [-0.39, 0.29) is 5.69 Å². The Labute approximate surface area is 120 Å². The van der Waals surface area contributed by atoms with Gasteiger partial charge in [0.1, 0.15) is 12.7 Å². The number of fused-ring (bicyclic) bond motifs is 1. The Morgan fingerprint density at radius 3 is 2.85 bits per heavy atom. The number of para-hydroxylation sites is 1. The largest absolute Gasteiger partial charge is 0.338 e. The number of hydrogen-bond donors (Lipinski definition) is 2. The van der Waals surface area contributed by atoms with Crippen LogP contribution in [0.15, 0.2) is 46.3 Å². The molecule has 0 saturated heterocycles. The first kappa shape index (κ1) is 12.9. The second-order valence-electron chi connectivity index (χ2n) is 3.85. The van der Waals surface area contributed by atoms with Crippen LogP contribution in [0.3, 0.4) is 0 Å². The molecule has 8 nitrogen and oxygen atoms in total. The summed E-state index contributed by atoms with van der Waals surface area (Å²) in [6.07, 6.45) is 4.05. The van der Waals surface area contributed by atoms with Crippen LogP contribution in [0.25, 0.3) is 0 Å². The maximum absolute atomic E-state index is 12.2. The maximum atomic E-state index is 12.2. The van der Waals surface area contributed by atoms with E-state index in [1.54, 1.807) is 24.3 Å². The van der Waals surface area contributed by atoms with E-state index >= 15 is 0 Å². The monoisotopic (exact) mass is 312 g/mol. The van der Waals surface area contributed by atoms with Crippen molar-refractivity contribution in [2.45, 2.75) is 0 Å². The van der Waals surface area contributed by atoms with Gasteiger partial charge in [-0.1, -0.05) is 23.7 Å². The molecule has 2 aliphatic rings. The predicted molar refractivity (Wildman–Crippen MR) is 75.9 cm³/mol. The molecule has 0 aromatic heterocycles. The fourth-order valence-electron chi connectivity index (χ4n) is 1.58. The van der Waals surface area contributed by atoms with Crippen molar-refractivity contribution in [3.63, 3.8) is 0 Å². The van der Waals surface area contributed by atoms with Crippen LogP contribution < -0.4 is 10.3 Å². The molecule has 1 aromatic rings. The highest BCUT2D eigenvalue weighted by molar-refractivity contribution is 7.90. The third-order valence-corrected chi connectivity index (χ3v) is 4.01. The van der Waals surface area contributed by atoms with E-state index < -0.39 is 10.2 Å². The van der Waals surface area contributed by atoms with Gasteiger partial charge in [0.05, 0.1) is 16.9 Å². The zero-order valence-corrected chi connectivity index (χ0v) is 11.5. The Hall–Kier alpha value is -2.10. The van der Waals surface area contributed by atoms with Gasteiger partial charge in [-0.05, 0) is 12.1 Å². The van der Waals surface area contributed by atoms with Crippen molar-refractivity contribution in [1.29, 1.82) is 0 Å². The van der Waals surface area contributed by atoms with Crippen molar-refractivity contribution in [3.8, 4) is 0 Å². The fourth-order valence-corrected chi connectivity index (χ4v) is 2.80. The zero-order chi connectivity index (χ0) is 14.2. The summed E-state index contributed by atoms with van der Waals surface area (Å²) >= 11 is 5.92. The quantitative estimate of drug-likeness (QED) is 0.868. The van der Waals surface area contributed by atoms with E-state index in [4.69, 9.17) is 11.6 Å². The molecule has 3 rings (SSSR count). The smallest absolute Gasteiger partial charge is 0.264 e. The maximum Gasteiger partial charge on any atom is 0.338 e. The topological polar surface area (TPSA) is 89.4 Å². The number of hydrazine groups is 2. The summed E-state index contributed by atoms with van der Waals surface area (Å²) in [5.74, 6) is 0.407. The van der Waals surface area contributed by atoms with Gasteiger partial charge in [0.25, 0.3) is 0 Å². The van der Waals surface area contributed by atoms with E-state index in [1.807, 2.05) is 0 Å². The Balaban J connectivity index is 1.84. The second-order valence-corrected chi connectivity index (χ2v) is 5.80. The highest BCUT2D eigenvalue weighted by atomic mass is 35.5. The van der Waals surface area contributed by atoms with Gasteiger partial charge in [0, 0.05) is 0 Å². The minimum Gasteiger partial charge on any atom is -0.264 e. The molecule has 0 fully saturated rings. The van der Waals surface area contributed by atoms with E-state index in [1.165, 1.54) is 23.9 Å². The molecule has 0 unspecified atom stereocenters. The van der Waals surface area contributed by atoms with Crippen molar-refractivity contribution in [2.24, 2.45) is 9.98 Å². The number of aliphatic imine (C=N–C) groups is 2. The van der Waals surface area contributed by atoms with Gasteiger partial charge in [-0.2, -0.15) is 12.8 Å². The Bertz CT molecular complexity index is 729. The van der Waals surface area contributed by atoms with Crippen LogP contribution in [-0.2, 0) is 10.2 Å². The molecule has 2 heterocycles. The minimum absolute atomic E-state index is 0.288. The first-order valence-electron chi connectivity index (χ1n) is 5.46. The summed E-state index contributed by atoms with van der Waals surface area (Å²) in [7, 11) is -3.86. The molecule has 1 aromatic carbocycles. The SMILES string of the molecule is O=S(=O)(Nc1ccccc1Cl)N1C=C2N=CN=CN2N1. The second kappa shape index (κ2) is 4.78. The standard InChI is InChI=1S/C10H9ClN6O2S/c11-8-3-1-2-4-9(8)14-20(18,19)17-5-10-13-6-12-7-16(10)15-17/h1-7,14-15H. The Morgan fingerprint density at radius 2 is 2.10 bits per heavy atom. The first-order chi connectivity index (χ1) is 9.56. The predicted octanol–water partition coefficient (Wildman–Crippen LogP) is 0.903. The van der Waals surface area contributed by atoms with Gasteiger partial charge < -0.3 is 0 Å². The number of nitrogens with zero attached hydrogens (tertiary/aromatic N) is 4. The average Bonchev–Trinajstić information content (AvgIpc) is 2.86. The normalized spacial score (nSPS) is 17.1. The van der Waals surface area contributed by atoms with Gasteiger partial charge in [0.15, 0.2) is 5.82 Å². The lowest BCUT2D eigenvalue weighted by Crippen LogP contribution is -2.45. The van der Waals surface area contributed by atoms with Crippen LogP contribution in [0, 0.1) is 0 Å². The van der Waals surface area contributed by atoms with E-state index in [0.717, 1.165) is 4.41 Å². The van der Waals surface area contributed by atoms with Crippen molar-refractivity contribution < 1.29 is 8.42 Å². The Kier molecular flexibility index (Phi) is 3.08. The molecule has 0 amide bonds. The van der Waals surface area contributed by atoms with Crippen molar-refractivity contribution in [1.82, 2.24) is 15.0 Å².